The smallest absolute Gasteiger partial charge is 0.110 e. The molecule has 0 bridgehead atoms. The van der Waals surface area contributed by atoms with Crippen molar-refractivity contribution >= 4 is 0 Å². The molecule has 3 rings (SSSR count). The van der Waals surface area contributed by atoms with E-state index in [0.29, 0.717) is 6.04 Å². The van der Waals surface area contributed by atoms with Crippen molar-refractivity contribution in [1.82, 2.24) is 5.32 Å². The first kappa shape index (κ1) is 7.54. The average molecular weight is 175 g/mol. The van der Waals surface area contributed by atoms with Gasteiger partial charge in [-0.2, -0.15) is 0 Å². The number of ether oxygens (including phenoxy) is 1. The van der Waals surface area contributed by atoms with E-state index < -0.39 is 0 Å². The van der Waals surface area contributed by atoms with E-state index in [1.807, 2.05) is 6.07 Å². The molecular formula is C11H13NO. The van der Waals surface area contributed by atoms with Crippen LogP contribution in [0.25, 0.3) is 0 Å². The quantitative estimate of drug-likeness (QED) is 0.694. The summed E-state index contributed by atoms with van der Waals surface area (Å²) in [5.41, 5.74) is 1.35. The standard InChI is InChI=1S/C11H13NO/c1-2-4-9(5-3-1)11-8-10(11)12-6-7-13-11/h1-5,10,12H,6-8H2. The van der Waals surface area contributed by atoms with Crippen LogP contribution in [0.5, 0.6) is 0 Å². The number of hydrogen-bond donors (Lipinski definition) is 1. The molecule has 2 unspecified atom stereocenters. The molecule has 1 aromatic carbocycles. The Morgan fingerprint density at radius 2 is 2.15 bits per heavy atom. The lowest BCUT2D eigenvalue weighted by molar-refractivity contribution is 0.00400. The Balaban J connectivity index is 1.94. The molecule has 13 heavy (non-hydrogen) atoms. The maximum Gasteiger partial charge on any atom is 0.110 e. The molecule has 1 saturated carbocycles. The molecule has 2 nitrogen and oxygen atoms in total. The SMILES string of the molecule is c1ccc(C23CC2NCCO3)cc1. The third-order valence-electron chi connectivity index (χ3n) is 3.02. The number of nitrogens with one attached hydrogen (secondary N) is 1. The second kappa shape index (κ2) is 2.56. The van der Waals surface area contributed by atoms with Crippen molar-refractivity contribution in [3.05, 3.63) is 35.9 Å². The highest BCUT2D eigenvalue weighted by Crippen LogP contribution is 2.50. The average Bonchev–Trinajstić information content (AvgIpc) is 2.94. The summed E-state index contributed by atoms with van der Waals surface area (Å²) in [6.07, 6.45) is 1.14. The molecule has 1 aliphatic carbocycles. The number of fused-ring (bicyclic) bond motifs is 1. The van der Waals surface area contributed by atoms with Crippen LogP contribution in [0.3, 0.4) is 0 Å². The van der Waals surface area contributed by atoms with Gasteiger partial charge >= 0.3 is 0 Å². The van der Waals surface area contributed by atoms with Gasteiger partial charge in [0.2, 0.25) is 0 Å². The molecule has 2 heteroatoms. The zero-order valence-corrected chi connectivity index (χ0v) is 7.49. The molecule has 2 aliphatic rings. The first-order valence-corrected chi connectivity index (χ1v) is 4.85. The van der Waals surface area contributed by atoms with Crippen molar-refractivity contribution in [1.29, 1.82) is 0 Å². The van der Waals surface area contributed by atoms with Crippen molar-refractivity contribution in [3.8, 4) is 0 Å². The fraction of sp³-hybridized carbons (Fsp3) is 0.455. The second-order valence-electron chi connectivity index (χ2n) is 3.81. The van der Waals surface area contributed by atoms with Gasteiger partial charge in [0.1, 0.15) is 5.60 Å². The topological polar surface area (TPSA) is 21.3 Å². The minimum atomic E-state index is 0.0273. The van der Waals surface area contributed by atoms with Crippen LogP contribution in [-0.2, 0) is 10.3 Å². The maximum atomic E-state index is 5.86. The summed E-state index contributed by atoms with van der Waals surface area (Å²) in [4.78, 5) is 0. The van der Waals surface area contributed by atoms with Crippen molar-refractivity contribution in [2.45, 2.75) is 18.1 Å². The first-order valence-electron chi connectivity index (χ1n) is 4.85. The third kappa shape index (κ3) is 1.02. The Morgan fingerprint density at radius 3 is 2.92 bits per heavy atom. The number of benzene rings is 1. The van der Waals surface area contributed by atoms with Crippen molar-refractivity contribution in [2.75, 3.05) is 13.2 Å². The van der Waals surface area contributed by atoms with Crippen LogP contribution in [-0.4, -0.2) is 19.2 Å². The van der Waals surface area contributed by atoms with Crippen LogP contribution in [0.2, 0.25) is 0 Å². The van der Waals surface area contributed by atoms with Crippen LogP contribution in [0.1, 0.15) is 12.0 Å². The summed E-state index contributed by atoms with van der Waals surface area (Å²) < 4.78 is 5.86. The largest absolute Gasteiger partial charge is 0.367 e. The lowest BCUT2D eigenvalue weighted by atomic mass is 10.1. The predicted octanol–water partition coefficient (Wildman–Crippen LogP) is 1.27. The Bertz CT molecular complexity index is 311. The molecule has 0 radical (unpaired) electrons. The Labute approximate surface area is 77.9 Å². The van der Waals surface area contributed by atoms with E-state index >= 15 is 0 Å². The van der Waals surface area contributed by atoms with E-state index in [4.69, 9.17) is 4.74 Å². The van der Waals surface area contributed by atoms with E-state index in [1.54, 1.807) is 0 Å². The van der Waals surface area contributed by atoms with Crippen LogP contribution in [0.4, 0.5) is 0 Å². The summed E-state index contributed by atoms with van der Waals surface area (Å²) in [5.74, 6) is 0. The highest BCUT2D eigenvalue weighted by molar-refractivity contribution is 5.33. The molecule has 1 N–H and O–H groups in total. The van der Waals surface area contributed by atoms with Gasteiger partial charge in [-0.25, -0.2) is 0 Å². The van der Waals surface area contributed by atoms with E-state index in [1.165, 1.54) is 5.56 Å². The molecule has 2 fully saturated rings. The van der Waals surface area contributed by atoms with E-state index in [9.17, 15) is 0 Å². The zero-order chi connectivity index (χ0) is 8.73. The fourth-order valence-corrected chi connectivity index (χ4v) is 2.23. The van der Waals surface area contributed by atoms with E-state index in [0.717, 1.165) is 19.6 Å². The molecule has 0 amide bonds. The van der Waals surface area contributed by atoms with Gasteiger partial charge in [0.05, 0.1) is 6.61 Å². The zero-order valence-electron chi connectivity index (χ0n) is 7.49. The Hall–Kier alpha value is -0.860. The van der Waals surface area contributed by atoms with Crippen LogP contribution in [0.15, 0.2) is 30.3 Å². The summed E-state index contributed by atoms with van der Waals surface area (Å²) >= 11 is 0. The molecule has 1 saturated heterocycles. The van der Waals surface area contributed by atoms with Gasteiger partial charge in [-0.3, -0.25) is 0 Å². The number of hydrogen-bond acceptors (Lipinski definition) is 2. The Kier molecular flexibility index (Phi) is 1.49. The second-order valence-corrected chi connectivity index (χ2v) is 3.81. The predicted molar refractivity (Wildman–Crippen MR) is 50.5 cm³/mol. The summed E-state index contributed by atoms with van der Waals surface area (Å²) in [7, 11) is 0. The van der Waals surface area contributed by atoms with Gasteiger partial charge in [0.25, 0.3) is 0 Å². The van der Waals surface area contributed by atoms with Gasteiger partial charge in [-0.1, -0.05) is 30.3 Å². The molecular weight excluding hydrogens is 162 g/mol. The molecule has 1 heterocycles. The van der Waals surface area contributed by atoms with Gasteiger partial charge in [-0.05, 0) is 5.56 Å². The first-order chi connectivity index (χ1) is 6.42. The van der Waals surface area contributed by atoms with Gasteiger partial charge in [0, 0.05) is 19.0 Å². The van der Waals surface area contributed by atoms with E-state index in [2.05, 4.69) is 29.6 Å². The van der Waals surface area contributed by atoms with Crippen molar-refractivity contribution in [3.63, 3.8) is 0 Å². The van der Waals surface area contributed by atoms with Crippen molar-refractivity contribution < 1.29 is 4.74 Å². The minimum Gasteiger partial charge on any atom is -0.367 e. The maximum absolute atomic E-state index is 5.86. The summed E-state index contributed by atoms with van der Waals surface area (Å²) in [6.45, 7) is 1.84. The van der Waals surface area contributed by atoms with Gasteiger partial charge < -0.3 is 10.1 Å². The van der Waals surface area contributed by atoms with Crippen LogP contribution >= 0.6 is 0 Å². The minimum absolute atomic E-state index is 0.0273. The highest BCUT2D eigenvalue weighted by atomic mass is 16.5. The summed E-state index contributed by atoms with van der Waals surface area (Å²) in [6, 6.07) is 11.1. The lowest BCUT2D eigenvalue weighted by Crippen LogP contribution is -2.36. The molecule has 1 aromatic rings. The fourth-order valence-electron chi connectivity index (χ4n) is 2.23. The van der Waals surface area contributed by atoms with Crippen molar-refractivity contribution in [2.24, 2.45) is 0 Å². The monoisotopic (exact) mass is 175 g/mol. The molecule has 2 atom stereocenters. The molecule has 1 aliphatic heterocycles. The third-order valence-corrected chi connectivity index (χ3v) is 3.02. The lowest BCUT2D eigenvalue weighted by Gasteiger charge is -2.23. The number of rotatable bonds is 1. The molecule has 68 valence electrons. The van der Waals surface area contributed by atoms with Crippen LogP contribution < -0.4 is 5.32 Å². The van der Waals surface area contributed by atoms with E-state index in [-0.39, 0.29) is 5.60 Å². The van der Waals surface area contributed by atoms with Crippen LogP contribution in [0, 0.1) is 0 Å². The Morgan fingerprint density at radius 1 is 1.31 bits per heavy atom. The van der Waals surface area contributed by atoms with Gasteiger partial charge in [0.15, 0.2) is 0 Å². The van der Waals surface area contributed by atoms with Gasteiger partial charge in [-0.15, -0.1) is 0 Å². The summed E-state index contributed by atoms with van der Waals surface area (Å²) in [5, 5.41) is 3.47. The molecule has 0 spiro atoms. The highest BCUT2D eigenvalue weighted by Gasteiger charge is 2.58. The molecule has 0 aromatic heterocycles. The normalized spacial score (nSPS) is 36.8. The number of morpholine rings is 1.